The van der Waals surface area contributed by atoms with Gasteiger partial charge in [0.25, 0.3) is 0 Å². The number of nitrogens with zero attached hydrogens (tertiary/aromatic N) is 1. The summed E-state index contributed by atoms with van der Waals surface area (Å²) in [4.78, 5) is 0. The van der Waals surface area contributed by atoms with Crippen LogP contribution in [0.15, 0.2) is 24.3 Å². The van der Waals surface area contributed by atoms with Crippen molar-refractivity contribution < 1.29 is 4.52 Å². The first-order valence-corrected chi connectivity index (χ1v) is 8.39. The highest BCUT2D eigenvalue weighted by atomic mass is 35.7. The average molecular weight is 268 g/mol. The maximum absolute atomic E-state index is 6.39. The summed E-state index contributed by atoms with van der Waals surface area (Å²) in [5, 5.41) is 0. The van der Waals surface area contributed by atoms with Gasteiger partial charge in [-0.1, -0.05) is 24.3 Å². The van der Waals surface area contributed by atoms with E-state index in [9.17, 15) is 0 Å². The molecule has 1 spiro atoms. The molecule has 2 fully saturated rings. The van der Waals surface area contributed by atoms with E-state index in [0.717, 1.165) is 19.4 Å². The monoisotopic (exact) mass is 267 g/mol. The van der Waals surface area contributed by atoms with E-state index in [1.54, 1.807) is 0 Å². The molecule has 3 aliphatic rings. The molecule has 17 heavy (non-hydrogen) atoms. The van der Waals surface area contributed by atoms with Gasteiger partial charge in [-0.25, -0.2) is 4.67 Å². The molecule has 1 aliphatic carbocycles. The lowest BCUT2D eigenvalue weighted by Gasteiger charge is -2.27. The zero-order valence-corrected chi connectivity index (χ0v) is 11.3. The minimum atomic E-state index is -0.862. The Bertz CT molecular complexity index is 441. The summed E-state index contributed by atoms with van der Waals surface area (Å²) in [7, 11) is -0.862. The molecular weight excluding hydrogens is 253 g/mol. The topological polar surface area (TPSA) is 12.5 Å². The molecule has 4 rings (SSSR count). The predicted molar refractivity (Wildman–Crippen MR) is 70.2 cm³/mol. The highest BCUT2D eigenvalue weighted by Crippen LogP contribution is 2.64. The fourth-order valence-corrected chi connectivity index (χ4v) is 6.10. The Balaban J connectivity index is 1.72. The Morgan fingerprint density at radius 2 is 2.00 bits per heavy atom. The molecule has 4 heteroatoms. The summed E-state index contributed by atoms with van der Waals surface area (Å²) in [5.74, 6) is 0. The van der Waals surface area contributed by atoms with Gasteiger partial charge in [0.15, 0.2) is 0 Å². The van der Waals surface area contributed by atoms with Crippen LogP contribution in [0.4, 0.5) is 0 Å². The van der Waals surface area contributed by atoms with E-state index in [0.29, 0.717) is 6.04 Å². The van der Waals surface area contributed by atoms with Crippen LogP contribution in [0.2, 0.25) is 0 Å². The molecule has 1 unspecified atom stereocenters. The molecule has 2 saturated heterocycles. The van der Waals surface area contributed by atoms with E-state index in [-0.39, 0.29) is 5.60 Å². The van der Waals surface area contributed by atoms with Gasteiger partial charge < -0.3 is 4.52 Å². The van der Waals surface area contributed by atoms with Crippen LogP contribution >= 0.6 is 18.9 Å². The molecule has 0 bridgehead atoms. The van der Waals surface area contributed by atoms with Gasteiger partial charge in [-0.15, -0.1) is 0 Å². The molecule has 2 heterocycles. The van der Waals surface area contributed by atoms with Crippen molar-refractivity contribution in [3.8, 4) is 0 Å². The summed E-state index contributed by atoms with van der Waals surface area (Å²) < 4.78 is 8.62. The molecule has 90 valence electrons. The van der Waals surface area contributed by atoms with Gasteiger partial charge >= 0.3 is 0 Å². The second-order valence-corrected chi connectivity index (χ2v) is 7.34. The van der Waals surface area contributed by atoms with Crippen molar-refractivity contribution >= 4 is 18.9 Å². The average Bonchev–Trinajstić information content (AvgIpc) is 2.97. The van der Waals surface area contributed by atoms with E-state index in [4.69, 9.17) is 15.8 Å². The van der Waals surface area contributed by atoms with E-state index in [1.165, 1.54) is 24.0 Å². The molecule has 0 aromatic heterocycles. The molecule has 2 aliphatic heterocycles. The molecule has 1 aromatic carbocycles. The Labute approximate surface area is 108 Å². The third kappa shape index (κ3) is 1.45. The van der Waals surface area contributed by atoms with Crippen molar-refractivity contribution in [1.82, 2.24) is 4.67 Å². The first-order valence-electron chi connectivity index (χ1n) is 6.27. The maximum Gasteiger partial charge on any atom is 0.207 e. The SMILES string of the molecule is ClP1OC2(Cc3ccccc3C2)[C@@H]2CCCN21. The molecule has 0 amide bonds. The second-order valence-electron chi connectivity index (χ2n) is 5.33. The number of fused-ring (bicyclic) bond motifs is 3. The van der Waals surface area contributed by atoms with Gasteiger partial charge in [-0.3, -0.25) is 0 Å². The largest absolute Gasteiger partial charge is 0.322 e. The van der Waals surface area contributed by atoms with Crippen molar-refractivity contribution in [2.24, 2.45) is 0 Å². The fourth-order valence-electron chi connectivity index (χ4n) is 3.65. The number of hydrogen-bond acceptors (Lipinski definition) is 2. The van der Waals surface area contributed by atoms with Crippen LogP contribution in [0.3, 0.4) is 0 Å². The van der Waals surface area contributed by atoms with E-state index < -0.39 is 7.65 Å². The number of benzene rings is 1. The number of halogens is 1. The van der Waals surface area contributed by atoms with Crippen LogP contribution in [-0.2, 0) is 17.4 Å². The first kappa shape index (κ1) is 10.8. The van der Waals surface area contributed by atoms with Crippen molar-refractivity contribution in [1.29, 1.82) is 0 Å². The van der Waals surface area contributed by atoms with Crippen molar-refractivity contribution in [3.05, 3.63) is 35.4 Å². The van der Waals surface area contributed by atoms with Crippen LogP contribution in [0.25, 0.3) is 0 Å². The third-order valence-electron chi connectivity index (χ3n) is 4.39. The zero-order valence-electron chi connectivity index (χ0n) is 9.60. The molecule has 0 saturated carbocycles. The minimum Gasteiger partial charge on any atom is -0.322 e. The van der Waals surface area contributed by atoms with Gasteiger partial charge in [-0.05, 0) is 35.2 Å². The van der Waals surface area contributed by atoms with Crippen LogP contribution in [0.1, 0.15) is 24.0 Å². The Kier molecular flexibility index (Phi) is 2.33. The highest BCUT2D eigenvalue weighted by molar-refractivity contribution is 7.78. The Hall–Kier alpha value is -0.140. The van der Waals surface area contributed by atoms with Crippen LogP contribution in [0.5, 0.6) is 0 Å². The van der Waals surface area contributed by atoms with Gasteiger partial charge in [0, 0.05) is 25.4 Å². The molecule has 1 aromatic rings. The molecule has 0 radical (unpaired) electrons. The van der Waals surface area contributed by atoms with Crippen molar-refractivity contribution in [3.63, 3.8) is 0 Å². The van der Waals surface area contributed by atoms with Gasteiger partial charge in [0.1, 0.15) is 0 Å². The Morgan fingerprint density at radius 1 is 1.29 bits per heavy atom. The summed E-state index contributed by atoms with van der Waals surface area (Å²) in [5.41, 5.74) is 2.91. The third-order valence-corrected chi connectivity index (χ3v) is 6.58. The van der Waals surface area contributed by atoms with Crippen molar-refractivity contribution in [2.75, 3.05) is 6.54 Å². The van der Waals surface area contributed by atoms with E-state index in [1.807, 2.05) is 0 Å². The molecule has 2 nitrogen and oxygen atoms in total. The van der Waals surface area contributed by atoms with Gasteiger partial charge in [0.2, 0.25) is 7.65 Å². The van der Waals surface area contributed by atoms with Gasteiger partial charge in [-0.2, -0.15) is 0 Å². The normalized spacial score (nSPS) is 34.2. The number of rotatable bonds is 0. The lowest BCUT2D eigenvalue weighted by atomic mass is 9.90. The van der Waals surface area contributed by atoms with Crippen LogP contribution in [-0.4, -0.2) is 22.9 Å². The van der Waals surface area contributed by atoms with E-state index >= 15 is 0 Å². The summed E-state index contributed by atoms with van der Waals surface area (Å²) in [6, 6.07) is 9.28. The lowest BCUT2D eigenvalue weighted by Crippen LogP contribution is -2.42. The Morgan fingerprint density at radius 3 is 2.71 bits per heavy atom. The first-order chi connectivity index (χ1) is 8.28. The van der Waals surface area contributed by atoms with Gasteiger partial charge in [0.05, 0.1) is 5.60 Å². The summed E-state index contributed by atoms with van der Waals surface area (Å²) in [6.45, 7) is 1.12. The smallest absolute Gasteiger partial charge is 0.207 e. The predicted octanol–water partition coefficient (Wildman–Crippen LogP) is 3.48. The van der Waals surface area contributed by atoms with Crippen LogP contribution < -0.4 is 0 Å². The van der Waals surface area contributed by atoms with Crippen molar-refractivity contribution in [2.45, 2.75) is 37.3 Å². The zero-order chi connectivity index (χ0) is 11.5. The maximum atomic E-state index is 6.39. The highest BCUT2D eigenvalue weighted by Gasteiger charge is 2.57. The quantitative estimate of drug-likeness (QED) is 0.667. The summed E-state index contributed by atoms with van der Waals surface area (Å²) in [6.07, 6.45) is 4.63. The second kappa shape index (κ2) is 3.68. The van der Waals surface area contributed by atoms with E-state index in [2.05, 4.69) is 28.9 Å². The summed E-state index contributed by atoms with van der Waals surface area (Å²) >= 11 is 6.39. The molecule has 0 N–H and O–H groups in total. The molecule has 2 atom stereocenters. The fraction of sp³-hybridized carbons (Fsp3) is 0.538. The minimum absolute atomic E-state index is 0.00631. The lowest BCUT2D eigenvalue weighted by molar-refractivity contribution is 0.0822. The molecular formula is C13H15ClNOP. The number of hydrogen-bond donors (Lipinski definition) is 0. The van der Waals surface area contributed by atoms with Crippen LogP contribution in [0, 0.1) is 0 Å². The standard InChI is InChI=1S/C13H15ClNOP/c14-17-15-7-3-6-12(15)13(16-17)8-10-4-1-2-5-11(10)9-13/h1-2,4-5,12H,3,6-9H2/t12-,17?/m0/s1.